The topological polar surface area (TPSA) is 47.3 Å². The van der Waals surface area contributed by atoms with E-state index in [0.717, 1.165) is 13.2 Å². The highest BCUT2D eigenvalue weighted by Crippen LogP contribution is 2.37. The Bertz CT molecular complexity index is 254. The van der Waals surface area contributed by atoms with Gasteiger partial charge in [-0.2, -0.15) is 0 Å². The molecule has 0 amide bonds. The first-order valence-corrected chi connectivity index (χ1v) is 6.48. The summed E-state index contributed by atoms with van der Waals surface area (Å²) in [7, 11) is 0. The molecule has 2 fully saturated rings. The molecule has 0 bridgehead atoms. The minimum absolute atomic E-state index is 0.132. The number of rotatable bonds is 3. The average Bonchev–Trinajstić information content (AvgIpc) is 2.69. The van der Waals surface area contributed by atoms with Gasteiger partial charge in [0.1, 0.15) is 0 Å². The van der Waals surface area contributed by atoms with Gasteiger partial charge in [0.15, 0.2) is 0 Å². The van der Waals surface area contributed by atoms with E-state index >= 15 is 0 Å². The standard InChI is InChI=1S/C13H26N2O/c1-12(2)5-4-10(6-12)15-8-13(3)9-16-7-11(13)14/h10-11,15H,4-9,14H2,1-3H3. The van der Waals surface area contributed by atoms with E-state index in [0.29, 0.717) is 18.1 Å². The van der Waals surface area contributed by atoms with Crippen LogP contribution in [0.2, 0.25) is 0 Å². The molecule has 2 rings (SSSR count). The molecule has 1 heterocycles. The Labute approximate surface area is 99.1 Å². The number of nitrogens with one attached hydrogen (secondary N) is 1. The second-order valence-corrected chi connectivity index (χ2v) is 6.76. The fourth-order valence-corrected chi connectivity index (χ4v) is 2.90. The van der Waals surface area contributed by atoms with Crippen molar-refractivity contribution in [1.82, 2.24) is 5.32 Å². The van der Waals surface area contributed by atoms with E-state index in [1.54, 1.807) is 0 Å². The Morgan fingerprint density at radius 2 is 2.12 bits per heavy atom. The second kappa shape index (κ2) is 4.28. The molecule has 16 heavy (non-hydrogen) atoms. The third-order valence-corrected chi connectivity index (χ3v) is 4.39. The van der Waals surface area contributed by atoms with Gasteiger partial charge in [0, 0.05) is 24.0 Å². The third kappa shape index (κ3) is 2.58. The third-order valence-electron chi connectivity index (χ3n) is 4.39. The van der Waals surface area contributed by atoms with Crippen molar-refractivity contribution in [1.29, 1.82) is 0 Å². The lowest BCUT2D eigenvalue weighted by atomic mass is 9.85. The lowest BCUT2D eigenvalue weighted by Crippen LogP contribution is -2.47. The summed E-state index contributed by atoms with van der Waals surface area (Å²) in [5.41, 5.74) is 6.74. The van der Waals surface area contributed by atoms with Crippen LogP contribution in [0, 0.1) is 10.8 Å². The van der Waals surface area contributed by atoms with Crippen molar-refractivity contribution in [2.24, 2.45) is 16.6 Å². The van der Waals surface area contributed by atoms with E-state index < -0.39 is 0 Å². The van der Waals surface area contributed by atoms with Gasteiger partial charge < -0.3 is 15.8 Å². The van der Waals surface area contributed by atoms with Gasteiger partial charge in [0.25, 0.3) is 0 Å². The molecule has 0 aromatic heterocycles. The van der Waals surface area contributed by atoms with E-state index in [1.807, 2.05) is 0 Å². The molecule has 0 aromatic rings. The van der Waals surface area contributed by atoms with Gasteiger partial charge in [-0.3, -0.25) is 0 Å². The molecule has 3 N–H and O–H groups in total. The molecule has 0 radical (unpaired) electrons. The van der Waals surface area contributed by atoms with Crippen LogP contribution in [-0.2, 0) is 4.74 Å². The lowest BCUT2D eigenvalue weighted by molar-refractivity contribution is 0.156. The van der Waals surface area contributed by atoms with Crippen LogP contribution < -0.4 is 11.1 Å². The Morgan fingerprint density at radius 3 is 2.62 bits per heavy atom. The Hall–Kier alpha value is -0.120. The van der Waals surface area contributed by atoms with Gasteiger partial charge in [-0.15, -0.1) is 0 Å². The van der Waals surface area contributed by atoms with Crippen LogP contribution in [0.5, 0.6) is 0 Å². The summed E-state index contributed by atoms with van der Waals surface area (Å²) in [6.45, 7) is 9.47. The highest BCUT2D eigenvalue weighted by atomic mass is 16.5. The molecule has 1 saturated heterocycles. The summed E-state index contributed by atoms with van der Waals surface area (Å²) < 4.78 is 5.46. The highest BCUT2D eigenvalue weighted by molar-refractivity contribution is 4.94. The molecule has 3 nitrogen and oxygen atoms in total. The van der Waals surface area contributed by atoms with Crippen LogP contribution >= 0.6 is 0 Å². The summed E-state index contributed by atoms with van der Waals surface area (Å²) in [5.74, 6) is 0. The molecular weight excluding hydrogens is 200 g/mol. The Balaban J connectivity index is 1.80. The first kappa shape index (κ1) is 12.3. The van der Waals surface area contributed by atoms with Crippen molar-refractivity contribution in [2.45, 2.75) is 52.1 Å². The van der Waals surface area contributed by atoms with Gasteiger partial charge in [-0.05, 0) is 24.7 Å². The first-order chi connectivity index (χ1) is 7.41. The minimum Gasteiger partial charge on any atom is -0.379 e. The van der Waals surface area contributed by atoms with E-state index in [4.69, 9.17) is 10.5 Å². The maximum absolute atomic E-state index is 6.09. The van der Waals surface area contributed by atoms with E-state index in [-0.39, 0.29) is 11.5 Å². The molecule has 0 spiro atoms. The number of ether oxygens (including phenoxy) is 1. The van der Waals surface area contributed by atoms with Crippen molar-refractivity contribution in [2.75, 3.05) is 19.8 Å². The van der Waals surface area contributed by atoms with Crippen LogP contribution in [0.4, 0.5) is 0 Å². The summed E-state index contributed by atoms with van der Waals surface area (Å²) in [5, 5.41) is 3.69. The zero-order chi connectivity index (χ0) is 11.8. The Kier molecular flexibility index (Phi) is 3.30. The monoisotopic (exact) mass is 226 g/mol. The largest absolute Gasteiger partial charge is 0.379 e. The van der Waals surface area contributed by atoms with Crippen molar-refractivity contribution in [3.05, 3.63) is 0 Å². The normalized spacial score (nSPS) is 42.8. The fraction of sp³-hybridized carbons (Fsp3) is 1.00. The molecule has 2 aliphatic rings. The number of hydrogen-bond acceptors (Lipinski definition) is 3. The molecule has 3 atom stereocenters. The molecule has 3 unspecified atom stereocenters. The highest BCUT2D eigenvalue weighted by Gasteiger charge is 2.39. The van der Waals surface area contributed by atoms with Crippen LogP contribution in [0.25, 0.3) is 0 Å². The SMILES string of the molecule is CC1(C)CCC(NCC2(C)COCC2N)C1. The first-order valence-electron chi connectivity index (χ1n) is 6.48. The van der Waals surface area contributed by atoms with Gasteiger partial charge in [-0.1, -0.05) is 20.8 Å². The predicted molar refractivity (Wildman–Crippen MR) is 66.3 cm³/mol. The minimum atomic E-state index is 0.132. The maximum Gasteiger partial charge on any atom is 0.0624 e. The van der Waals surface area contributed by atoms with Crippen LogP contribution in [0.3, 0.4) is 0 Å². The second-order valence-electron chi connectivity index (χ2n) is 6.76. The van der Waals surface area contributed by atoms with E-state index in [9.17, 15) is 0 Å². The van der Waals surface area contributed by atoms with Gasteiger partial charge in [-0.25, -0.2) is 0 Å². The van der Waals surface area contributed by atoms with Crippen molar-refractivity contribution >= 4 is 0 Å². The summed E-state index contributed by atoms with van der Waals surface area (Å²) in [4.78, 5) is 0. The zero-order valence-electron chi connectivity index (χ0n) is 10.9. The molecule has 3 heteroatoms. The smallest absolute Gasteiger partial charge is 0.0624 e. The van der Waals surface area contributed by atoms with Crippen molar-refractivity contribution < 1.29 is 4.74 Å². The molecule has 1 aliphatic carbocycles. The molecular formula is C13H26N2O. The zero-order valence-corrected chi connectivity index (χ0v) is 10.9. The number of hydrogen-bond donors (Lipinski definition) is 2. The quantitative estimate of drug-likeness (QED) is 0.767. The Morgan fingerprint density at radius 1 is 1.38 bits per heavy atom. The molecule has 1 aliphatic heterocycles. The van der Waals surface area contributed by atoms with Gasteiger partial charge in [0.2, 0.25) is 0 Å². The summed E-state index contributed by atoms with van der Waals surface area (Å²) >= 11 is 0. The van der Waals surface area contributed by atoms with E-state index in [2.05, 4.69) is 26.1 Å². The van der Waals surface area contributed by atoms with Crippen molar-refractivity contribution in [3.8, 4) is 0 Å². The molecule has 1 saturated carbocycles. The van der Waals surface area contributed by atoms with Gasteiger partial charge >= 0.3 is 0 Å². The lowest BCUT2D eigenvalue weighted by Gasteiger charge is -2.29. The number of nitrogens with two attached hydrogens (primary N) is 1. The fourth-order valence-electron chi connectivity index (χ4n) is 2.90. The summed E-state index contributed by atoms with van der Waals surface area (Å²) in [6.07, 6.45) is 3.93. The van der Waals surface area contributed by atoms with Gasteiger partial charge in [0.05, 0.1) is 13.2 Å². The molecule has 94 valence electrons. The average molecular weight is 226 g/mol. The van der Waals surface area contributed by atoms with E-state index in [1.165, 1.54) is 19.3 Å². The van der Waals surface area contributed by atoms with Crippen molar-refractivity contribution in [3.63, 3.8) is 0 Å². The molecule has 0 aromatic carbocycles. The predicted octanol–water partition coefficient (Wildman–Crippen LogP) is 1.52. The van der Waals surface area contributed by atoms with Crippen LogP contribution in [-0.4, -0.2) is 31.8 Å². The maximum atomic E-state index is 6.09. The summed E-state index contributed by atoms with van der Waals surface area (Å²) in [6, 6.07) is 0.869. The van der Waals surface area contributed by atoms with Crippen LogP contribution in [0.1, 0.15) is 40.0 Å². The van der Waals surface area contributed by atoms with Crippen LogP contribution in [0.15, 0.2) is 0 Å².